The minimum atomic E-state index is 0.292. The van der Waals surface area contributed by atoms with E-state index in [4.69, 9.17) is 0 Å². The standard InChI is InChI=1S/C16H17BrN4/c1-11-4-3-5-13(6-11)12(2)18-7-14-8-20-16-9-19-15(17)10-21(14)16/h3-6,8-10,12,18H,7H2,1-2H3/t12-/m1/s1. The monoisotopic (exact) mass is 344 g/mol. The van der Waals surface area contributed by atoms with Crippen molar-refractivity contribution in [2.45, 2.75) is 26.4 Å². The summed E-state index contributed by atoms with van der Waals surface area (Å²) in [4.78, 5) is 8.55. The molecule has 0 saturated carbocycles. The molecule has 3 rings (SSSR count). The average Bonchev–Trinajstić information content (AvgIpc) is 2.87. The number of nitrogens with one attached hydrogen (secondary N) is 1. The molecule has 2 heterocycles. The highest BCUT2D eigenvalue weighted by Gasteiger charge is 2.08. The number of rotatable bonds is 4. The fourth-order valence-electron chi connectivity index (χ4n) is 2.36. The van der Waals surface area contributed by atoms with Crippen LogP contribution in [0.2, 0.25) is 0 Å². The van der Waals surface area contributed by atoms with Crippen molar-refractivity contribution >= 4 is 21.6 Å². The van der Waals surface area contributed by atoms with Crippen LogP contribution in [0.5, 0.6) is 0 Å². The molecule has 0 unspecified atom stereocenters. The lowest BCUT2D eigenvalue weighted by Crippen LogP contribution is -2.19. The molecule has 1 atom stereocenters. The Morgan fingerprint density at radius 3 is 2.95 bits per heavy atom. The SMILES string of the molecule is Cc1cccc([C@@H](C)NCc2cnc3cnc(Br)cn23)c1. The highest BCUT2D eigenvalue weighted by molar-refractivity contribution is 9.10. The number of hydrogen-bond acceptors (Lipinski definition) is 3. The topological polar surface area (TPSA) is 42.2 Å². The van der Waals surface area contributed by atoms with Crippen LogP contribution in [0.25, 0.3) is 5.65 Å². The molecule has 0 aliphatic heterocycles. The van der Waals surface area contributed by atoms with Crippen molar-refractivity contribution < 1.29 is 0 Å². The molecule has 2 aromatic heterocycles. The van der Waals surface area contributed by atoms with Crippen molar-refractivity contribution in [3.8, 4) is 0 Å². The van der Waals surface area contributed by atoms with Gasteiger partial charge >= 0.3 is 0 Å². The number of nitrogens with zero attached hydrogens (tertiary/aromatic N) is 3. The van der Waals surface area contributed by atoms with E-state index >= 15 is 0 Å². The quantitative estimate of drug-likeness (QED) is 0.785. The summed E-state index contributed by atoms with van der Waals surface area (Å²) >= 11 is 3.40. The number of hydrogen-bond donors (Lipinski definition) is 1. The number of imidazole rings is 1. The molecule has 0 aliphatic rings. The van der Waals surface area contributed by atoms with Crippen LogP contribution < -0.4 is 5.32 Å². The van der Waals surface area contributed by atoms with E-state index in [1.165, 1.54) is 11.1 Å². The van der Waals surface area contributed by atoms with Gasteiger partial charge in [-0.15, -0.1) is 0 Å². The molecule has 21 heavy (non-hydrogen) atoms. The van der Waals surface area contributed by atoms with Gasteiger partial charge in [0.15, 0.2) is 5.65 Å². The lowest BCUT2D eigenvalue weighted by molar-refractivity contribution is 0.565. The minimum absolute atomic E-state index is 0.292. The van der Waals surface area contributed by atoms with E-state index in [1.54, 1.807) is 6.20 Å². The fraction of sp³-hybridized carbons (Fsp3) is 0.250. The maximum Gasteiger partial charge on any atom is 0.155 e. The first kappa shape index (κ1) is 14.2. The van der Waals surface area contributed by atoms with Gasteiger partial charge in [-0.1, -0.05) is 29.8 Å². The third kappa shape index (κ3) is 3.14. The van der Waals surface area contributed by atoms with E-state index < -0.39 is 0 Å². The summed E-state index contributed by atoms with van der Waals surface area (Å²) in [5.41, 5.74) is 4.56. The van der Waals surface area contributed by atoms with Crippen LogP contribution in [0.1, 0.15) is 29.8 Å². The summed E-state index contributed by atoms with van der Waals surface area (Å²) < 4.78 is 2.86. The van der Waals surface area contributed by atoms with Gasteiger partial charge < -0.3 is 5.32 Å². The first-order valence-corrected chi connectivity index (χ1v) is 7.70. The molecule has 1 aromatic carbocycles. The molecular formula is C16H17BrN4. The molecule has 5 heteroatoms. The summed E-state index contributed by atoms with van der Waals surface area (Å²) in [6.07, 6.45) is 5.59. The summed E-state index contributed by atoms with van der Waals surface area (Å²) in [5.74, 6) is 0. The highest BCUT2D eigenvalue weighted by atomic mass is 79.9. The Balaban J connectivity index is 1.75. The van der Waals surface area contributed by atoms with Gasteiger partial charge in [0.2, 0.25) is 0 Å². The Labute approximate surface area is 132 Å². The van der Waals surface area contributed by atoms with E-state index in [-0.39, 0.29) is 0 Å². The zero-order valence-corrected chi connectivity index (χ0v) is 13.6. The zero-order chi connectivity index (χ0) is 14.8. The molecule has 0 spiro atoms. The summed E-state index contributed by atoms with van der Waals surface area (Å²) in [5, 5.41) is 3.54. The molecule has 0 saturated heterocycles. The molecule has 0 amide bonds. The van der Waals surface area contributed by atoms with Crippen LogP contribution >= 0.6 is 15.9 Å². The van der Waals surface area contributed by atoms with Gasteiger partial charge in [-0.05, 0) is 35.3 Å². The van der Waals surface area contributed by atoms with Crippen LogP contribution in [0, 0.1) is 6.92 Å². The van der Waals surface area contributed by atoms with Crippen LogP contribution in [-0.4, -0.2) is 14.4 Å². The van der Waals surface area contributed by atoms with Crippen LogP contribution in [0.3, 0.4) is 0 Å². The third-order valence-corrected chi connectivity index (χ3v) is 3.98. The van der Waals surface area contributed by atoms with Crippen molar-refractivity contribution in [1.82, 2.24) is 19.7 Å². The van der Waals surface area contributed by atoms with Crippen molar-refractivity contribution in [2.75, 3.05) is 0 Å². The molecule has 0 bridgehead atoms. The van der Waals surface area contributed by atoms with Gasteiger partial charge in [0.25, 0.3) is 0 Å². The molecule has 0 fully saturated rings. The van der Waals surface area contributed by atoms with E-state index in [1.807, 2.05) is 16.8 Å². The number of benzene rings is 1. The lowest BCUT2D eigenvalue weighted by Gasteiger charge is -2.14. The second kappa shape index (κ2) is 5.95. The maximum atomic E-state index is 4.36. The molecule has 1 N–H and O–H groups in total. The fourth-order valence-corrected chi connectivity index (χ4v) is 2.67. The smallest absolute Gasteiger partial charge is 0.155 e. The van der Waals surface area contributed by atoms with Crippen LogP contribution in [-0.2, 0) is 6.54 Å². The van der Waals surface area contributed by atoms with Crippen LogP contribution in [0.4, 0.5) is 0 Å². The molecular weight excluding hydrogens is 328 g/mol. The summed E-state index contributed by atoms with van der Waals surface area (Å²) in [6, 6.07) is 8.87. The average molecular weight is 345 g/mol. The number of aryl methyl sites for hydroxylation is 1. The Morgan fingerprint density at radius 1 is 1.29 bits per heavy atom. The largest absolute Gasteiger partial charge is 0.305 e. The van der Waals surface area contributed by atoms with Crippen molar-refractivity contribution in [3.63, 3.8) is 0 Å². The lowest BCUT2D eigenvalue weighted by atomic mass is 10.1. The van der Waals surface area contributed by atoms with Gasteiger partial charge in [0.1, 0.15) is 4.60 Å². The maximum absolute atomic E-state index is 4.36. The van der Waals surface area contributed by atoms with E-state index in [0.717, 1.165) is 22.5 Å². The number of aromatic nitrogens is 3. The molecule has 0 radical (unpaired) electrons. The molecule has 3 aromatic rings. The summed E-state index contributed by atoms with van der Waals surface area (Å²) in [6.45, 7) is 5.05. The van der Waals surface area contributed by atoms with Crippen molar-refractivity contribution in [3.05, 3.63) is 64.3 Å². The van der Waals surface area contributed by atoms with Gasteiger partial charge in [-0.2, -0.15) is 0 Å². The molecule has 0 aliphatic carbocycles. The minimum Gasteiger partial charge on any atom is -0.305 e. The van der Waals surface area contributed by atoms with E-state index in [0.29, 0.717) is 6.04 Å². The van der Waals surface area contributed by atoms with Gasteiger partial charge in [-0.25, -0.2) is 9.97 Å². The van der Waals surface area contributed by atoms with Crippen LogP contribution in [0.15, 0.2) is 47.5 Å². The Kier molecular flexibility index (Phi) is 4.03. The van der Waals surface area contributed by atoms with Gasteiger partial charge in [0, 0.05) is 18.8 Å². The van der Waals surface area contributed by atoms with E-state index in [2.05, 4.69) is 69.3 Å². The number of fused-ring (bicyclic) bond motifs is 1. The predicted molar refractivity (Wildman–Crippen MR) is 87.1 cm³/mol. The normalized spacial score (nSPS) is 12.7. The molecule has 4 nitrogen and oxygen atoms in total. The second-order valence-corrected chi connectivity index (χ2v) is 6.02. The first-order chi connectivity index (χ1) is 10.1. The van der Waals surface area contributed by atoms with Crippen molar-refractivity contribution in [2.24, 2.45) is 0 Å². The Bertz CT molecular complexity index is 766. The van der Waals surface area contributed by atoms with Crippen molar-refractivity contribution in [1.29, 1.82) is 0 Å². The zero-order valence-electron chi connectivity index (χ0n) is 12.0. The highest BCUT2D eigenvalue weighted by Crippen LogP contribution is 2.15. The Morgan fingerprint density at radius 2 is 2.14 bits per heavy atom. The van der Waals surface area contributed by atoms with E-state index in [9.17, 15) is 0 Å². The second-order valence-electron chi connectivity index (χ2n) is 5.20. The molecule has 108 valence electrons. The predicted octanol–water partition coefficient (Wildman–Crippen LogP) is 3.65. The van der Waals surface area contributed by atoms with Gasteiger partial charge in [0.05, 0.1) is 18.1 Å². The summed E-state index contributed by atoms with van der Waals surface area (Å²) in [7, 11) is 0. The third-order valence-electron chi connectivity index (χ3n) is 3.57. The van der Waals surface area contributed by atoms with Gasteiger partial charge in [-0.3, -0.25) is 4.40 Å². The first-order valence-electron chi connectivity index (χ1n) is 6.91. The Hall–Kier alpha value is -1.72. The number of halogens is 1.